The van der Waals surface area contributed by atoms with Gasteiger partial charge in [0.25, 0.3) is 5.56 Å². The standard InChI is InChI=1S/C20H16ClN3O4/c21-15-4-2-1-3-14(15)10-22-19(25)11-24-20(26)8-6-16(23-24)13-5-7-17-18(9-13)28-12-27-17/h1-9H,10-12H2,(H,22,25). The molecule has 1 aliphatic heterocycles. The monoisotopic (exact) mass is 397 g/mol. The number of carbonyl (C=O) groups is 1. The number of hydrogen-bond donors (Lipinski definition) is 1. The Kier molecular flexibility index (Phi) is 4.99. The number of ether oxygens (including phenoxy) is 2. The molecule has 0 saturated heterocycles. The van der Waals surface area contributed by atoms with Gasteiger partial charge in [-0.1, -0.05) is 29.8 Å². The van der Waals surface area contributed by atoms with Crippen LogP contribution >= 0.6 is 11.6 Å². The third-order valence-electron chi connectivity index (χ3n) is 4.26. The zero-order valence-corrected chi connectivity index (χ0v) is 15.5. The van der Waals surface area contributed by atoms with Gasteiger partial charge in [0, 0.05) is 23.2 Å². The van der Waals surface area contributed by atoms with E-state index in [1.165, 1.54) is 6.07 Å². The second-order valence-corrected chi connectivity index (χ2v) is 6.56. The van der Waals surface area contributed by atoms with Crippen LogP contribution in [0.15, 0.2) is 59.4 Å². The molecule has 0 atom stereocenters. The molecule has 28 heavy (non-hydrogen) atoms. The molecule has 0 saturated carbocycles. The SMILES string of the molecule is O=C(Cn1nc(-c2ccc3c(c2)OCO3)ccc1=O)NCc1ccccc1Cl. The van der Waals surface area contributed by atoms with Gasteiger partial charge in [0.2, 0.25) is 12.7 Å². The summed E-state index contributed by atoms with van der Waals surface area (Å²) in [7, 11) is 0. The van der Waals surface area contributed by atoms with Crippen LogP contribution in [0.25, 0.3) is 11.3 Å². The van der Waals surface area contributed by atoms with Gasteiger partial charge in [-0.05, 0) is 35.9 Å². The van der Waals surface area contributed by atoms with E-state index in [-0.39, 0.29) is 31.3 Å². The molecule has 1 aliphatic rings. The third-order valence-corrected chi connectivity index (χ3v) is 4.63. The van der Waals surface area contributed by atoms with Gasteiger partial charge in [-0.2, -0.15) is 5.10 Å². The van der Waals surface area contributed by atoms with Gasteiger partial charge in [0.1, 0.15) is 6.54 Å². The van der Waals surface area contributed by atoms with Crippen molar-refractivity contribution < 1.29 is 14.3 Å². The molecular formula is C20H16ClN3O4. The van der Waals surface area contributed by atoms with Crippen LogP contribution in [0.1, 0.15) is 5.56 Å². The maximum absolute atomic E-state index is 12.3. The van der Waals surface area contributed by atoms with Gasteiger partial charge in [0.05, 0.1) is 5.69 Å². The Bertz CT molecular complexity index is 1100. The summed E-state index contributed by atoms with van der Waals surface area (Å²) >= 11 is 6.08. The molecule has 1 aromatic heterocycles. The molecule has 2 aromatic carbocycles. The Morgan fingerprint density at radius 2 is 1.93 bits per heavy atom. The number of aromatic nitrogens is 2. The van der Waals surface area contributed by atoms with E-state index in [0.29, 0.717) is 22.2 Å². The van der Waals surface area contributed by atoms with E-state index in [1.54, 1.807) is 24.3 Å². The third kappa shape index (κ3) is 3.84. The van der Waals surface area contributed by atoms with E-state index in [9.17, 15) is 9.59 Å². The number of nitrogens with one attached hydrogen (secondary N) is 1. The highest BCUT2D eigenvalue weighted by molar-refractivity contribution is 6.31. The van der Waals surface area contributed by atoms with Crippen molar-refractivity contribution in [1.82, 2.24) is 15.1 Å². The van der Waals surface area contributed by atoms with Crippen molar-refractivity contribution in [3.05, 3.63) is 75.5 Å². The maximum atomic E-state index is 12.3. The quantitative estimate of drug-likeness (QED) is 0.715. The molecule has 0 bridgehead atoms. The minimum absolute atomic E-state index is 0.178. The van der Waals surface area contributed by atoms with Crippen molar-refractivity contribution in [2.75, 3.05) is 6.79 Å². The number of halogens is 1. The molecule has 1 N–H and O–H groups in total. The molecule has 0 aliphatic carbocycles. The van der Waals surface area contributed by atoms with Gasteiger partial charge in [-0.25, -0.2) is 4.68 Å². The second kappa shape index (κ2) is 7.74. The molecule has 0 unspecified atom stereocenters. The first-order valence-corrected chi connectivity index (χ1v) is 8.96. The average molecular weight is 398 g/mol. The highest BCUT2D eigenvalue weighted by Gasteiger charge is 2.15. The molecule has 3 aromatic rings. The zero-order chi connectivity index (χ0) is 19.5. The molecule has 0 spiro atoms. The normalized spacial score (nSPS) is 12.0. The van der Waals surface area contributed by atoms with E-state index in [1.807, 2.05) is 24.3 Å². The van der Waals surface area contributed by atoms with Gasteiger partial charge >= 0.3 is 0 Å². The van der Waals surface area contributed by atoms with Crippen LogP contribution in [0, 0.1) is 0 Å². The number of amides is 1. The first-order chi connectivity index (χ1) is 13.6. The lowest BCUT2D eigenvalue weighted by Crippen LogP contribution is -2.33. The Balaban J connectivity index is 1.49. The van der Waals surface area contributed by atoms with Crippen LogP contribution in [0.5, 0.6) is 11.5 Å². The number of hydrogen-bond acceptors (Lipinski definition) is 5. The molecule has 2 heterocycles. The smallest absolute Gasteiger partial charge is 0.267 e. The first-order valence-electron chi connectivity index (χ1n) is 8.58. The summed E-state index contributed by atoms with van der Waals surface area (Å²) in [5.41, 5.74) is 1.75. The molecule has 0 fully saturated rings. The summed E-state index contributed by atoms with van der Waals surface area (Å²) in [6.07, 6.45) is 0. The minimum atomic E-state index is -0.364. The Morgan fingerprint density at radius 3 is 2.79 bits per heavy atom. The highest BCUT2D eigenvalue weighted by Crippen LogP contribution is 2.35. The number of nitrogens with zero attached hydrogens (tertiary/aromatic N) is 2. The Morgan fingerprint density at radius 1 is 1.11 bits per heavy atom. The number of benzene rings is 2. The summed E-state index contributed by atoms with van der Waals surface area (Å²) in [5, 5.41) is 7.62. The van der Waals surface area contributed by atoms with Crippen LogP contribution < -0.4 is 20.3 Å². The molecule has 0 radical (unpaired) electrons. The van der Waals surface area contributed by atoms with E-state index in [2.05, 4.69) is 10.4 Å². The van der Waals surface area contributed by atoms with Gasteiger partial charge in [0.15, 0.2) is 11.5 Å². The molecule has 7 nitrogen and oxygen atoms in total. The molecule has 1 amide bonds. The Labute approximate surface area is 165 Å². The second-order valence-electron chi connectivity index (χ2n) is 6.15. The lowest BCUT2D eigenvalue weighted by Gasteiger charge is -2.09. The van der Waals surface area contributed by atoms with Crippen LogP contribution in [0.3, 0.4) is 0 Å². The van der Waals surface area contributed by atoms with Crippen molar-refractivity contribution in [2.24, 2.45) is 0 Å². The van der Waals surface area contributed by atoms with E-state index in [4.69, 9.17) is 21.1 Å². The summed E-state index contributed by atoms with van der Waals surface area (Å²) in [6.45, 7) is 0.258. The topological polar surface area (TPSA) is 82.5 Å². The average Bonchev–Trinajstić information content (AvgIpc) is 3.17. The molecule has 8 heteroatoms. The van der Waals surface area contributed by atoms with Crippen molar-refractivity contribution in [1.29, 1.82) is 0 Å². The summed E-state index contributed by atoms with van der Waals surface area (Å²) in [4.78, 5) is 24.4. The van der Waals surface area contributed by atoms with E-state index < -0.39 is 0 Å². The van der Waals surface area contributed by atoms with Crippen LogP contribution in [-0.4, -0.2) is 22.5 Å². The summed E-state index contributed by atoms with van der Waals surface area (Å²) < 4.78 is 11.8. The lowest BCUT2D eigenvalue weighted by atomic mass is 10.1. The molecule has 4 rings (SSSR count). The predicted molar refractivity (Wildman–Crippen MR) is 103 cm³/mol. The van der Waals surface area contributed by atoms with Crippen molar-refractivity contribution in [3.63, 3.8) is 0 Å². The number of carbonyl (C=O) groups excluding carboxylic acids is 1. The lowest BCUT2D eigenvalue weighted by molar-refractivity contribution is -0.122. The van der Waals surface area contributed by atoms with Crippen molar-refractivity contribution >= 4 is 17.5 Å². The van der Waals surface area contributed by atoms with Gasteiger partial charge in [-0.3, -0.25) is 9.59 Å². The fourth-order valence-electron chi connectivity index (χ4n) is 2.80. The largest absolute Gasteiger partial charge is 0.454 e. The zero-order valence-electron chi connectivity index (χ0n) is 14.7. The molecular weight excluding hydrogens is 382 g/mol. The highest BCUT2D eigenvalue weighted by atomic mass is 35.5. The van der Waals surface area contributed by atoms with Crippen LogP contribution in [-0.2, 0) is 17.9 Å². The predicted octanol–water partition coefficient (Wildman–Crippen LogP) is 2.61. The minimum Gasteiger partial charge on any atom is -0.454 e. The van der Waals surface area contributed by atoms with Crippen molar-refractivity contribution in [3.8, 4) is 22.8 Å². The number of fused-ring (bicyclic) bond motifs is 1. The van der Waals surface area contributed by atoms with Gasteiger partial charge < -0.3 is 14.8 Å². The van der Waals surface area contributed by atoms with Crippen LogP contribution in [0.4, 0.5) is 0 Å². The summed E-state index contributed by atoms with van der Waals surface area (Å²) in [6, 6.07) is 15.6. The fourth-order valence-corrected chi connectivity index (χ4v) is 3.00. The first kappa shape index (κ1) is 18.1. The summed E-state index contributed by atoms with van der Waals surface area (Å²) in [5.74, 6) is 0.947. The Hall–Kier alpha value is -3.32. The van der Waals surface area contributed by atoms with Gasteiger partial charge in [-0.15, -0.1) is 0 Å². The van der Waals surface area contributed by atoms with E-state index in [0.717, 1.165) is 15.8 Å². The molecule has 142 valence electrons. The van der Waals surface area contributed by atoms with Crippen LogP contribution in [0.2, 0.25) is 5.02 Å². The fraction of sp³-hybridized carbons (Fsp3) is 0.150. The van der Waals surface area contributed by atoms with E-state index >= 15 is 0 Å². The van der Waals surface area contributed by atoms with Crippen molar-refractivity contribution in [2.45, 2.75) is 13.1 Å². The maximum Gasteiger partial charge on any atom is 0.267 e. The number of rotatable bonds is 5.